The first kappa shape index (κ1) is 11.4. The van der Waals surface area contributed by atoms with Crippen molar-refractivity contribution in [1.82, 2.24) is 0 Å². The molecule has 1 aromatic rings. The molecule has 1 nitrogen and oxygen atoms in total. The second-order valence-corrected chi connectivity index (χ2v) is 3.39. The molecule has 0 aliphatic rings. The van der Waals surface area contributed by atoms with Gasteiger partial charge in [0.2, 0.25) is 0 Å². The lowest BCUT2D eigenvalue weighted by molar-refractivity contribution is 0.468. The molecule has 0 saturated carbocycles. The molecule has 78 valence electrons. The highest BCUT2D eigenvalue weighted by molar-refractivity contribution is 5.59. The Morgan fingerprint density at radius 3 is 2.87 bits per heavy atom. The van der Waals surface area contributed by atoms with Crippen LogP contribution in [0.4, 0.5) is 0 Å². The minimum atomic E-state index is 0.361. The molecule has 0 bridgehead atoms. The average Bonchev–Trinajstić information content (AvgIpc) is 2.25. The van der Waals surface area contributed by atoms with Gasteiger partial charge in [0.1, 0.15) is 5.75 Å². The normalized spacial score (nSPS) is 10.3. The highest BCUT2D eigenvalue weighted by atomic mass is 16.3. The van der Waals surface area contributed by atoms with Gasteiger partial charge < -0.3 is 5.11 Å². The second-order valence-electron chi connectivity index (χ2n) is 3.39. The predicted octanol–water partition coefficient (Wildman–Crippen LogP) is 3.70. The van der Waals surface area contributed by atoms with E-state index in [1.54, 1.807) is 6.07 Å². The largest absolute Gasteiger partial charge is 0.508 e. The molecule has 1 rings (SSSR count). The summed E-state index contributed by atoms with van der Waals surface area (Å²) < 4.78 is 0. The maximum atomic E-state index is 9.65. The van der Waals surface area contributed by atoms with Crippen molar-refractivity contribution in [2.24, 2.45) is 0 Å². The van der Waals surface area contributed by atoms with E-state index in [2.05, 4.69) is 12.3 Å². The van der Waals surface area contributed by atoms with E-state index in [0.29, 0.717) is 5.75 Å². The summed E-state index contributed by atoms with van der Waals surface area (Å²) in [6, 6.07) is 5.55. The molecule has 0 saturated heterocycles. The van der Waals surface area contributed by atoms with E-state index in [1.807, 2.05) is 38.1 Å². The summed E-state index contributed by atoms with van der Waals surface area (Å²) in [4.78, 5) is 0. The first-order valence-electron chi connectivity index (χ1n) is 5.04. The molecule has 1 heteroatoms. The van der Waals surface area contributed by atoms with Crippen molar-refractivity contribution in [2.45, 2.75) is 20.3 Å². The summed E-state index contributed by atoms with van der Waals surface area (Å²) in [5, 5.41) is 9.65. The lowest BCUT2D eigenvalue weighted by atomic mass is 10.0. The van der Waals surface area contributed by atoms with Gasteiger partial charge in [-0.2, -0.15) is 0 Å². The van der Waals surface area contributed by atoms with Crippen molar-refractivity contribution >= 4 is 6.08 Å². The zero-order chi connectivity index (χ0) is 11.3. The van der Waals surface area contributed by atoms with E-state index in [-0.39, 0.29) is 0 Å². The summed E-state index contributed by atoms with van der Waals surface area (Å²) in [6.45, 7) is 7.54. The Bertz CT molecular complexity index is 421. The van der Waals surface area contributed by atoms with Crippen molar-refractivity contribution in [1.29, 1.82) is 0 Å². The highest BCUT2D eigenvalue weighted by Gasteiger charge is 2.01. The van der Waals surface area contributed by atoms with Crippen molar-refractivity contribution in [3.8, 4) is 5.75 Å². The molecule has 1 aromatic carbocycles. The van der Waals surface area contributed by atoms with Crippen LogP contribution in [0.2, 0.25) is 0 Å². The summed E-state index contributed by atoms with van der Waals surface area (Å²) in [6.07, 6.45) is 4.75. The van der Waals surface area contributed by atoms with E-state index in [4.69, 9.17) is 0 Å². The Hall–Kier alpha value is -1.72. The number of allylic oxidation sites excluding steroid dienone is 2. The minimum Gasteiger partial charge on any atom is -0.508 e. The van der Waals surface area contributed by atoms with Gasteiger partial charge in [0, 0.05) is 5.56 Å². The van der Waals surface area contributed by atoms with Gasteiger partial charge in [0.15, 0.2) is 0 Å². The van der Waals surface area contributed by atoms with Crippen LogP contribution in [-0.2, 0) is 6.42 Å². The molecule has 0 aliphatic carbocycles. The first-order chi connectivity index (χ1) is 7.19. The lowest BCUT2D eigenvalue weighted by Gasteiger charge is -2.05. The zero-order valence-corrected chi connectivity index (χ0v) is 9.25. The van der Waals surface area contributed by atoms with Crippen molar-refractivity contribution in [3.05, 3.63) is 53.3 Å². The third-order valence-corrected chi connectivity index (χ3v) is 2.33. The summed E-state index contributed by atoms with van der Waals surface area (Å²) in [7, 11) is 0. The molecule has 1 N–H and O–H groups in total. The Morgan fingerprint density at radius 1 is 1.53 bits per heavy atom. The van der Waals surface area contributed by atoms with Crippen LogP contribution in [0.25, 0.3) is 6.08 Å². The molecule has 0 heterocycles. The van der Waals surface area contributed by atoms with Crippen LogP contribution in [0.1, 0.15) is 25.0 Å². The monoisotopic (exact) mass is 200 g/mol. The second kappa shape index (κ2) is 5.23. The van der Waals surface area contributed by atoms with E-state index >= 15 is 0 Å². The highest BCUT2D eigenvalue weighted by Crippen LogP contribution is 2.22. The van der Waals surface area contributed by atoms with Crippen LogP contribution in [0, 0.1) is 0 Å². The van der Waals surface area contributed by atoms with Crippen molar-refractivity contribution in [2.75, 3.05) is 0 Å². The van der Waals surface area contributed by atoms with Crippen LogP contribution >= 0.6 is 0 Å². The number of hydrogen-bond donors (Lipinski definition) is 1. The number of aromatic hydroxyl groups is 1. The average molecular weight is 200 g/mol. The lowest BCUT2D eigenvalue weighted by Crippen LogP contribution is -1.86. The molecule has 15 heavy (non-hydrogen) atoms. The zero-order valence-electron chi connectivity index (χ0n) is 9.25. The molecule has 0 spiro atoms. The molecule has 0 amide bonds. The van der Waals surface area contributed by atoms with Gasteiger partial charge in [0.25, 0.3) is 0 Å². The Labute approximate surface area is 91.1 Å². The van der Waals surface area contributed by atoms with Gasteiger partial charge in [-0.15, -0.1) is 5.73 Å². The number of benzene rings is 1. The third kappa shape index (κ3) is 2.87. The van der Waals surface area contributed by atoms with E-state index in [0.717, 1.165) is 23.1 Å². The molecule has 0 atom stereocenters. The SMILES string of the molecule is C=C=C(C)/C=C\c1cccc(O)c1CC. The maximum absolute atomic E-state index is 9.65. The molecule has 0 radical (unpaired) electrons. The fourth-order valence-corrected chi connectivity index (χ4v) is 1.41. The van der Waals surface area contributed by atoms with Gasteiger partial charge in [-0.1, -0.05) is 37.8 Å². The Balaban J connectivity index is 3.10. The molecule has 0 fully saturated rings. The van der Waals surface area contributed by atoms with Crippen LogP contribution in [0.3, 0.4) is 0 Å². The van der Waals surface area contributed by atoms with Crippen molar-refractivity contribution < 1.29 is 5.11 Å². The molecular formula is C14H16O. The molecular weight excluding hydrogens is 184 g/mol. The van der Waals surface area contributed by atoms with Gasteiger partial charge in [-0.3, -0.25) is 0 Å². The fraction of sp³-hybridized carbons (Fsp3) is 0.214. The molecule has 0 aliphatic heterocycles. The summed E-state index contributed by atoms with van der Waals surface area (Å²) in [5.74, 6) is 0.361. The summed E-state index contributed by atoms with van der Waals surface area (Å²) >= 11 is 0. The van der Waals surface area contributed by atoms with E-state index in [9.17, 15) is 5.11 Å². The quantitative estimate of drug-likeness (QED) is 0.582. The summed E-state index contributed by atoms with van der Waals surface area (Å²) in [5.41, 5.74) is 5.82. The number of phenols is 1. The van der Waals surface area contributed by atoms with E-state index in [1.165, 1.54) is 0 Å². The third-order valence-electron chi connectivity index (χ3n) is 2.33. The van der Waals surface area contributed by atoms with Crippen LogP contribution in [0.5, 0.6) is 5.75 Å². The topological polar surface area (TPSA) is 20.2 Å². The van der Waals surface area contributed by atoms with Gasteiger partial charge in [-0.25, -0.2) is 0 Å². The molecule has 0 aromatic heterocycles. The van der Waals surface area contributed by atoms with Crippen LogP contribution in [0.15, 0.2) is 42.2 Å². The van der Waals surface area contributed by atoms with Crippen LogP contribution < -0.4 is 0 Å². The maximum Gasteiger partial charge on any atom is 0.119 e. The van der Waals surface area contributed by atoms with Crippen LogP contribution in [-0.4, -0.2) is 5.11 Å². The van der Waals surface area contributed by atoms with Gasteiger partial charge >= 0.3 is 0 Å². The fourth-order valence-electron chi connectivity index (χ4n) is 1.41. The smallest absolute Gasteiger partial charge is 0.119 e. The minimum absolute atomic E-state index is 0.361. The number of hydrogen-bond acceptors (Lipinski definition) is 1. The Morgan fingerprint density at radius 2 is 2.27 bits per heavy atom. The van der Waals surface area contributed by atoms with Gasteiger partial charge in [0.05, 0.1) is 0 Å². The Kier molecular flexibility index (Phi) is 3.96. The molecule has 0 unspecified atom stereocenters. The van der Waals surface area contributed by atoms with Crippen molar-refractivity contribution in [3.63, 3.8) is 0 Å². The number of rotatable bonds is 3. The van der Waals surface area contributed by atoms with E-state index < -0.39 is 0 Å². The van der Waals surface area contributed by atoms with Gasteiger partial charge in [-0.05, 0) is 30.5 Å². The standard InChI is InChI=1S/C14H16O/c1-4-11(3)9-10-12-7-6-8-14(15)13(12)5-2/h6-10,15H,1,5H2,2-3H3/b10-9-. The first-order valence-corrected chi connectivity index (χ1v) is 5.04. The number of phenolic OH excluding ortho intramolecular Hbond substituents is 1. The predicted molar refractivity (Wildman–Crippen MR) is 64.8 cm³/mol.